The fourth-order valence-electron chi connectivity index (χ4n) is 4.57. The molecule has 1 heteroatoms. The molecule has 110 valence electrons. The van der Waals surface area contributed by atoms with Gasteiger partial charge in [0.25, 0.3) is 0 Å². The highest BCUT2D eigenvalue weighted by Crippen LogP contribution is 2.49. The van der Waals surface area contributed by atoms with Crippen molar-refractivity contribution in [1.29, 1.82) is 0 Å². The molecule has 0 saturated heterocycles. The number of rotatable bonds is 6. The van der Waals surface area contributed by atoms with Crippen LogP contribution in [-0.4, -0.2) is 12.6 Å². The summed E-state index contributed by atoms with van der Waals surface area (Å²) >= 11 is 0. The predicted molar refractivity (Wildman–Crippen MR) is 85.9 cm³/mol. The van der Waals surface area contributed by atoms with Crippen LogP contribution in [0.2, 0.25) is 0 Å². The number of benzene rings is 1. The van der Waals surface area contributed by atoms with Gasteiger partial charge in [0.05, 0.1) is 0 Å². The summed E-state index contributed by atoms with van der Waals surface area (Å²) in [5, 5.41) is 3.87. The van der Waals surface area contributed by atoms with Crippen molar-refractivity contribution in [1.82, 2.24) is 5.32 Å². The maximum absolute atomic E-state index is 3.87. The van der Waals surface area contributed by atoms with Crippen molar-refractivity contribution in [3.8, 4) is 0 Å². The van der Waals surface area contributed by atoms with E-state index in [1.54, 1.807) is 5.56 Å². The Morgan fingerprint density at radius 2 is 2.05 bits per heavy atom. The molecule has 3 rings (SSSR count). The highest BCUT2D eigenvalue weighted by atomic mass is 14.9. The summed E-state index contributed by atoms with van der Waals surface area (Å²) in [4.78, 5) is 0. The molecule has 4 atom stereocenters. The van der Waals surface area contributed by atoms with Crippen molar-refractivity contribution < 1.29 is 0 Å². The molecule has 2 saturated carbocycles. The zero-order valence-corrected chi connectivity index (χ0v) is 13.1. The first-order valence-corrected chi connectivity index (χ1v) is 8.55. The van der Waals surface area contributed by atoms with E-state index in [4.69, 9.17) is 0 Å². The van der Waals surface area contributed by atoms with E-state index < -0.39 is 0 Å². The van der Waals surface area contributed by atoms with Crippen molar-refractivity contribution in [2.75, 3.05) is 6.54 Å². The van der Waals surface area contributed by atoms with E-state index in [-0.39, 0.29) is 0 Å². The zero-order valence-electron chi connectivity index (χ0n) is 13.1. The highest BCUT2D eigenvalue weighted by molar-refractivity contribution is 5.26. The number of nitrogens with one attached hydrogen (secondary N) is 1. The summed E-state index contributed by atoms with van der Waals surface area (Å²) < 4.78 is 0. The molecule has 2 aliphatic rings. The summed E-state index contributed by atoms with van der Waals surface area (Å²) in [6.45, 7) is 5.70. The Hall–Kier alpha value is -0.820. The fraction of sp³-hybridized carbons (Fsp3) is 0.684. The molecule has 2 bridgehead atoms. The number of fused-ring (bicyclic) bond motifs is 2. The van der Waals surface area contributed by atoms with Gasteiger partial charge in [0, 0.05) is 6.04 Å². The van der Waals surface area contributed by atoms with Gasteiger partial charge in [0.1, 0.15) is 0 Å². The van der Waals surface area contributed by atoms with Gasteiger partial charge in [0.15, 0.2) is 0 Å². The van der Waals surface area contributed by atoms with Gasteiger partial charge in [-0.25, -0.2) is 0 Å². The molecule has 1 aromatic rings. The SMILES string of the molecule is CCCNC(Cc1ccccc1C)C1CC2CCC1C2. The summed E-state index contributed by atoms with van der Waals surface area (Å²) in [7, 11) is 0. The topological polar surface area (TPSA) is 12.0 Å². The van der Waals surface area contributed by atoms with Crippen LogP contribution in [0.3, 0.4) is 0 Å². The van der Waals surface area contributed by atoms with Crippen molar-refractivity contribution in [3.05, 3.63) is 35.4 Å². The Morgan fingerprint density at radius 3 is 2.70 bits per heavy atom. The first kappa shape index (κ1) is 14.1. The van der Waals surface area contributed by atoms with Gasteiger partial charge in [-0.05, 0) is 74.5 Å². The average Bonchev–Trinajstić information content (AvgIpc) is 3.08. The van der Waals surface area contributed by atoms with E-state index in [0.29, 0.717) is 6.04 Å². The molecular weight excluding hydrogens is 242 g/mol. The molecule has 0 radical (unpaired) electrons. The van der Waals surface area contributed by atoms with Crippen LogP contribution in [0.15, 0.2) is 24.3 Å². The minimum absolute atomic E-state index is 0.700. The van der Waals surface area contributed by atoms with Gasteiger partial charge >= 0.3 is 0 Å². The molecule has 2 aliphatic carbocycles. The van der Waals surface area contributed by atoms with E-state index >= 15 is 0 Å². The maximum Gasteiger partial charge on any atom is 0.0139 e. The lowest BCUT2D eigenvalue weighted by Gasteiger charge is -2.32. The Morgan fingerprint density at radius 1 is 1.20 bits per heavy atom. The van der Waals surface area contributed by atoms with Crippen LogP contribution in [-0.2, 0) is 6.42 Å². The Kier molecular flexibility index (Phi) is 4.45. The minimum Gasteiger partial charge on any atom is -0.313 e. The van der Waals surface area contributed by atoms with E-state index in [2.05, 4.69) is 43.4 Å². The van der Waals surface area contributed by atoms with Gasteiger partial charge < -0.3 is 5.32 Å². The molecule has 20 heavy (non-hydrogen) atoms. The fourth-order valence-corrected chi connectivity index (χ4v) is 4.57. The third kappa shape index (κ3) is 2.93. The largest absolute Gasteiger partial charge is 0.313 e. The summed E-state index contributed by atoms with van der Waals surface area (Å²) in [5.41, 5.74) is 3.00. The van der Waals surface area contributed by atoms with Crippen molar-refractivity contribution in [2.24, 2.45) is 17.8 Å². The monoisotopic (exact) mass is 271 g/mol. The molecule has 1 N–H and O–H groups in total. The summed E-state index contributed by atoms with van der Waals surface area (Å²) in [6.07, 6.45) is 8.46. The van der Waals surface area contributed by atoms with Gasteiger partial charge in [-0.15, -0.1) is 0 Å². The molecule has 0 spiro atoms. The van der Waals surface area contributed by atoms with Crippen molar-refractivity contribution in [2.45, 2.75) is 58.4 Å². The molecule has 2 fully saturated rings. The number of hydrogen-bond donors (Lipinski definition) is 1. The normalized spacial score (nSPS) is 29.8. The standard InChI is InChI=1S/C19H29N/c1-3-10-20-19(13-16-7-5-4-6-14(16)2)18-12-15-8-9-17(18)11-15/h4-7,15,17-20H,3,8-13H2,1-2H3. The Bertz CT molecular complexity index is 439. The third-order valence-electron chi connectivity index (χ3n) is 5.67. The van der Waals surface area contributed by atoms with Gasteiger partial charge in [-0.1, -0.05) is 37.6 Å². The molecule has 1 nitrogen and oxygen atoms in total. The van der Waals surface area contributed by atoms with Crippen LogP contribution in [0.1, 0.15) is 50.2 Å². The zero-order chi connectivity index (χ0) is 13.9. The molecule has 4 unspecified atom stereocenters. The summed E-state index contributed by atoms with van der Waals surface area (Å²) in [6, 6.07) is 9.63. The summed E-state index contributed by atoms with van der Waals surface area (Å²) in [5.74, 6) is 2.99. The van der Waals surface area contributed by atoms with E-state index in [0.717, 1.165) is 17.8 Å². The third-order valence-corrected chi connectivity index (χ3v) is 5.67. The molecule has 0 heterocycles. The lowest BCUT2D eigenvalue weighted by Crippen LogP contribution is -2.41. The van der Waals surface area contributed by atoms with Gasteiger partial charge in [-0.3, -0.25) is 0 Å². The van der Waals surface area contributed by atoms with Crippen LogP contribution >= 0.6 is 0 Å². The van der Waals surface area contributed by atoms with Crippen LogP contribution in [0, 0.1) is 24.7 Å². The molecular formula is C19H29N. The Labute approximate surface area is 124 Å². The van der Waals surface area contributed by atoms with E-state index in [1.165, 1.54) is 50.6 Å². The maximum atomic E-state index is 3.87. The number of aryl methyl sites for hydroxylation is 1. The Balaban J connectivity index is 1.71. The second-order valence-electron chi connectivity index (χ2n) is 7.03. The second-order valence-corrected chi connectivity index (χ2v) is 7.03. The van der Waals surface area contributed by atoms with Crippen LogP contribution in [0.25, 0.3) is 0 Å². The molecule has 0 amide bonds. The van der Waals surface area contributed by atoms with E-state index in [1.807, 2.05) is 0 Å². The quantitative estimate of drug-likeness (QED) is 0.811. The van der Waals surface area contributed by atoms with Gasteiger partial charge in [0.2, 0.25) is 0 Å². The van der Waals surface area contributed by atoms with E-state index in [9.17, 15) is 0 Å². The molecule has 1 aromatic carbocycles. The highest BCUT2D eigenvalue weighted by Gasteiger charge is 2.42. The average molecular weight is 271 g/mol. The predicted octanol–water partition coefficient (Wildman–Crippen LogP) is 4.34. The lowest BCUT2D eigenvalue weighted by atomic mass is 9.80. The molecule has 0 aliphatic heterocycles. The van der Waals surface area contributed by atoms with Crippen LogP contribution < -0.4 is 5.32 Å². The van der Waals surface area contributed by atoms with Gasteiger partial charge in [-0.2, -0.15) is 0 Å². The second kappa shape index (κ2) is 6.30. The first-order chi connectivity index (χ1) is 9.78. The lowest BCUT2D eigenvalue weighted by molar-refractivity contribution is 0.246. The van der Waals surface area contributed by atoms with Crippen LogP contribution in [0.4, 0.5) is 0 Å². The number of hydrogen-bond acceptors (Lipinski definition) is 1. The van der Waals surface area contributed by atoms with Crippen molar-refractivity contribution in [3.63, 3.8) is 0 Å². The minimum atomic E-state index is 0.700. The first-order valence-electron chi connectivity index (χ1n) is 8.55. The van der Waals surface area contributed by atoms with Crippen LogP contribution in [0.5, 0.6) is 0 Å². The van der Waals surface area contributed by atoms with Crippen molar-refractivity contribution >= 4 is 0 Å². The smallest absolute Gasteiger partial charge is 0.0139 e. The molecule has 0 aromatic heterocycles.